The molecular formula is C9H11BrClN. The minimum atomic E-state index is 0.345. The summed E-state index contributed by atoms with van der Waals surface area (Å²) in [5.74, 6) is 0.345. The Morgan fingerprint density at radius 2 is 2.25 bits per heavy atom. The van der Waals surface area contributed by atoms with Crippen molar-refractivity contribution in [1.82, 2.24) is 0 Å². The van der Waals surface area contributed by atoms with Gasteiger partial charge < -0.3 is 5.73 Å². The third-order valence-corrected chi connectivity index (χ3v) is 3.29. The van der Waals surface area contributed by atoms with Gasteiger partial charge in [0, 0.05) is 4.47 Å². The predicted octanol–water partition coefficient (Wildman–Crippen LogP) is 3.16. The first-order chi connectivity index (χ1) is 5.66. The molecule has 0 radical (unpaired) electrons. The van der Waals surface area contributed by atoms with Crippen LogP contribution in [-0.2, 0) is 0 Å². The summed E-state index contributed by atoms with van der Waals surface area (Å²) in [6.45, 7) is 2.72. The molecule has 2 N–H and O–H groups in total. The van der Waals surface area contributed by atoms with Crippen LogP contribution in [-0.4, -0.2) is 6.54 Å². The van der Waals surface area contributed by atoms with Crippen molar-refractivity contribution < 1.29 is 0 Å². The van der Waals surface area contributed by atoms with E-state index in [1.165, 1.54) is 5.56 Å². The van der Waals surface area contributed by atoms with Crippen molar-refractivity contribution in [2.45, 2.75) is 12.8 Å². The van der Waals surface area contributed by atoms with E-state index in [1.54, 1.807) is 0 Å². The molecular weight excluding hydrogens is 237 g/mol. The van der Waals surface area contributed by atoms with Gasteiger partial charge in [-0.25, -0.2) is 0 Å². The predicted molar refractivity (Wildman–Crippen MR) is 56.6 cm³/mol. The molecule has 1 aromatic rings. The number of nitrogens with two attached hydrogens (primary N) is 1. The summed E-state index contributed by atoms with van der Waals surface area (Å²) < 4.78 is 0.963. The third kappa shape index (κ3) is 2.00. The van der Waals surface area contributed by atoms with Crippen molar-refractivity contribution in [3.63, 3.8) is 0 Å². The van der Waals surface area contributed by atoms with E-state index in [0.29, 0.717) is 12.5 Å². The van der Waals surface area contributed by atoms with E-state index in [4.69, 9.17) is 17.3 Å². The van der Waals surface area contributed by atoms with Crippen molar-refractivity contribution >= 4 is 27.5 Å². The zero-order valence-corrected chi connectivity index (χ0v) is 9.19. The lowest BCUT2D eigenvalue weighted by Crippen LogP contribution is -2.09. The van der Waals surface area contributed by atoms with E-state index in [1.807, 2.05) is 18.2 Å². The molecule has 12 heavy (non-hydrogen) atoms. The van der Waals surface area contributed by atoms with Crippen molar-refractivity contribution in [2.24, 2.45) is 5.73 Å². The van der Waals surface area contributed by atoms with Gasteiger partial charge in [0.25, 0.3) is 0 Å². The first-order valence-electron chi connectivity index (χ1n) is 3.80. The molecule has 3 heteroatoms. The lowest BCUT2D eigenvalue weighted by atomic mass is 10.0. The van der Waals surface area contributed by atoms with Gasteiger partial charge >= 0.3 is 0 Å². The van der Waals surface area contributed by atoms with Gasteiger partial charge in [-0.1, -0.05) is 30.7 Å². The standard InChI is InChI=1S/C9H11BrClN/c1-6(5-12)7-3-2-4-8(11)9(7)10/h2-4,6H,5,12H2,1H3. The van der Waals surface area contributed by atoms with Crippen LogP contribution in [0.1, 0.15) is 18.4 Å². The molecule has 1 aromatic carbocycles. The van der Waals surface area contributed by atoms with Gasteiger partial charge in [-0.15, -0.1) is 0 Å². The fourth-order valence-electron chi connectivity index (χ4n) is 1.03. The maximum atomic E-state index is 5.93. The van der Waals surface area contributed by atoms with E-state index >= 15 is 0 Å². The molecule has 0 aromatic heterocycles. The Morgan fingerprint density at radius 3 is 2.83 bits per heavy atom. The third-order valence-electron chi connectivity index (χ3n) is 1.87. The van der Waals surface area contributed by atoms with Crippen LogP contribution in [0.5, 0.6) is 0 Å². The average molecular weight is 249 g/mol. The zero-order valence-electron chi connectivity index (χ0n) is 6.85. The minimum absolute atomic E-state index is 0.345. The summed E-state index contributed by atoms with van der Waals surface area (Å²) in [6, 6.07) is 5.83. The van der Waals surface area contributed by atoms with Crippen LogP contribution in [0.2, 0.25) is 5.02 Å². The maximum Gasteiger partial charge on any atom is 0.0550 e. The highest BCUT2D eigenvalue weighted by molar-refractivity contribution is 9.10. The first-order valence-corrected chi connectivity index (χ1v) is 4.98. The average Bonchev–Trinajstić information content (AvgIpc) is 2.08. The quantitative estimate of drug-likeness (QED) is 0.855. The fraction of sp³-hybridized carbons (Fsp3) is 0.333. The van der Waals surface area contributed by atoms with Gasteiger partial charge in [-0.05, 0) is 40.0 Å². The number of benzene rings is 1. The maximum absolute atomic E-state index is 5.93. The van der Waals surface area contributed by atoms with Gasteiger partial charge in [0.1, 0.15) is 0 Å². The Balaban J connectivity index is 3.07. The summed E-state index contributed by atoms with van der Waals surface area (Å²) in [6.07, 6.45) is 0. The van der Waals surface area contributed by atoms with Gasteiger partial charge in [0.2, 0.25) is 0 Å². The molecule has 66 valence electrons. The highest BCUT2D eigenvalue weighted by Crippen LogP contribution is 2.30. The Labute approximate surface area is 86.0 Å². The van der Waals surface area contributed by atoms with Crippen molar-refractivity contribution in [3.05, 3.63) is 33.3 Å². The largest absolute Gasteiger partial charge is 0.330 e. The lowest BCUT2D eigenvalue weighted by molar-refractivity contribution is 0.770. The van der Waals surface area contributed by atoms with E-state index in [-0.39, 0.29) is 0 Å². The molecule has 0 saturated heterocycles. The van der Waals surface area contributed by atoms with Gasteiger partial charge in [-0.2, -0.15) is 0 Å². The molecule has 0 amide bonds. The van der Waals surface area contributed by atoms with Crippen molar-refractivity contribution in [1.29, 1.82) is 0 Å². The molecule has 1 atom stereocenters. The normalized spacial score (nSPS) is 13.0. The van der Waals surface area contributed by atoms with Crippen LogP contribution in [0.25, 0.3) is 0 Å². The van der Waals surface area contributed by atoms with Crippen molar-refractivity contribution in [3.8, 4) is 0 Å². The van der Waals surface area contributed by atoms with Crippen LogP contribution in [0, 0.1) is 0 Å². The van der Waals surface area contributed by atoms with E-state index in [2.05, 4.69) is 22.9 Å². The van der Waals surface area contributed by atoms with Crippen LogP contribution < -0.4 is 5.73 Å². The number of halogens is 2. The monoisotopic (exact) mass is 247 g/mol. The zero-order chi connectivity index (χ0) is 9.14. The molecule has 0 heterocycles. The number of hydrogen-bond donors (Lipinski definition) is 1. The SMILES string of the molecule is CC(CN)c1cccc(Cl)c1Br. The summed E-state index contributed by atoms with van der Waals surface area (Å²) >= 11 is 9.36. The summed E-state index contributed by atoms with van der Waals surface area (Å²) in [4.78, 5) is 0. The fourth-order valence-corrected chi connectivity index (χ4v) is 1.87. The molecule has 0 aliphatic carbocycles. The smallest absolute Gasteiger partial charge is 0.0550 e. The second-order valence-corrected chi connectivity index (χ2v) is 3.98. The van der Waals surface area contributed by atoms with Crippen LogP contribution in [0.15, 0.2) is 22.7 Å². The van der Waals surface area contributed by atoms with Gasteiger partial charge in [0.15, 0.2) is 0 Å². The molecule has 1 nitrogen and oxygen atoms in total. The molecule has 0 fully saturated rings. The van der Waals surface area contributed by atoms with Crippen LogP contribution in [0.4, 0.5) is 0 Å². The highest BCUT2D eigenvalue weighted by atomic mass is 79.9. The molecule has 0 spiro atoms. The molecule has 0 bridgehead atoms. The van der Waals surface area contributed by atoms with Crippen LogP contribution >= 0.6 is 27.5 Å². The second-order valence-electron chi connectivity index (χ2n) is 2.78. The van der Waals surface area contributed by atoms with E-state index in [9.17, 15) is 0 Å². The summed E-state index contributed by atoms with van der Waals surface area (Å²) in [5, 5.41) is 0.743. The first kappa shape index (κ1) is 10.0. The topological polar surface area (TPSA) is 26.0 Å². The van der Waals surface area contributed by atoms with Crippen molar-refractivity contribution in [2.75, 3.05) is 6.54 Å². The number of hydrogen-bond acceptors (Lipinski definition) is 1. The molecule has 1 rings (SSSR count). The van der Waals surface area contributed by atoms with Crippen LogP contribution in [0.3, 0.4) is 0 Å². The highest BCUT2D eigenvalue weighted by Gasteiger charge is 2.08. The molecule has 0 aliphatic heterocycles. The Morgan fingerprint density at radius 1 is 1.58 bits per heavy atom. The Bertz CT molecular complexity index is 275. The molecule has 0 aliphatic rings. The lowest BCUT2D eigenvalue weighted by Gasteiger charge is -2.11. The summed E-state index contributed by atoms with van der Waals surface area (Å²) in [7, 11) is 0. The molecule has 1 unspecified atom stereocenters. The molecule has 0 saturated carbocycles. The Kier molecular flexibility index (Phi) is 3.56. The summed E-state index contributed by atoms with van der Waals surface area (Å²) in [5.41, 5.74) is 6.73. The minimum Gasteiger partial charge on any atom is -0.330 e. The van der Waals surface area contributed by atoms with Gasteiger partial charge in [-0.3, -0.25) is 0 Å². The van der Waals surface area contributed by atoms with Gasteiger partial charge in [0.05, 0.1) is 5.02 Å². The number of rotatable bonds is 2. The Hall–Kier alpha value is -0.0500. The van der Waals surface area contributed by atoms with E-state index < -0.39 is 0 Å². The second kappa shape index (κ2) is 4.26. The van der Waals surface area contributed by atoms with E-state index in [0.717, 1.165) is 9.50 Å².